The van der Waals surface area contributed by atoms with Crippen molar-refractivity contribution in [1.29, 1.82) is 0 Å². The first-order chi connectivity index (χ1) is 26.7. The minimum Gasteiger partial charge on any atom is -0.457 e. The van der Waals surface area contributed by atoms with Gasteiger partial charge in [0.05, 0.1) is 24.6 Å². The minimum absolute atomic E-state index is 0.0719. The number of hydrogen-bond donors (Lipinski definition) is 0. The van der Waals surface area contributed by atoms with E-state index < -0.39 is 45.3 Å². The molecule has 292 valence electrons. The molecule has 11 heteroatoms. The molecule has 0 aliphatic carbocycles. The fraction of sp³-hybridized carbons (Fsp3) is 0.311. The predicted octanol–water partition coefficient (Wildman–Crippen LogP) is 7.31. The maximum Gasteiger partial charge on any atom is 0.414 e. The van der Waals surface area contributed by atoms with Crippen molar-refractivity contribution in [2.75, 3.05) is 24.7 Å². The van der Waals surface area contributed by atoms with Crippen LogP contribution >= 0.6 is 6.89 Å². The van der Waals surface area contributed by atoms with Gasteiger partial charge in [-0.15, -0.1) is 0 Å². The van der Waals surface area contributed by atoms with Crippen LogP contribution in [0.25, 0.3) is 0 Å². The number of ketones is 1. The molecule has 2 aliphatic heterocycles. The highest BCUT2D eigenvalue weighted by atomic mass is 31.2. The number of amides is 2. The predicted molar refractivity (Wildman–Crippen MR) is 227 cm³/mol. The summed E-state index contributed by atoms with van der Waals surface area (Å²) in [5.41, 5.74) is 1.25. The van der Waals surface area contributed by atoms with Crippen LogP contribution in [0.3, 0.4) is 0 Å². The Morgan fingerprint density at radius 3 is 1.84 bits per heavy atom. The lowest BCUT2D eigenvalue weighted by Gasteiger charge is -2.53. The number of hydrogen-bond acceptors (Lipinski definition) is 7. The van der Waals surface area contributed by atoms with E-state index in [4.69, 9.17) is 13.9 Å². The lowest BCUT2D eigenvalue weighted by Crippen LogP contribution is -2.69. The Balaban J connectivity index is 1.58. The van der Waals surface area contributed by atoms with E-state index in [1.807, 2.05) is 97.9 Å². The molecule has 56 heavy (non-hydrogen) atoms. The van der Waals surface area contributed by atoms with Gasteiger partial charge < -0.3 is 18.8 Å². The number of esters is 1. The van der Waals surface area contributed by atoms with Gasteiger partial charge in [-0.05, 0) is 65.2 Å². The molecule has 2 aliphatic rings. The average molecular weight is 791 g/mol. The van der Waals surface area contributed by atoms with Crippen LogP contribution in [0.5, 0.6) is 0 Å². The first kappa shape index (κ1) is 40.6. The fourth-order valence-corrected chi connectivity index (χ4v) is 13.2. The van der Waals surface area contributed by atoms with Gasteiger partial charge in [-0.25, -0.2) is 9.59 Å². The molecular formula is C45H51N2O7PSi. The molecule has 0 saturated carbocycles. The van der Waals surface area contributed by atoms with Crippen LogP contribution in [0.15, 0.2) is 128 Å². The van der Waals surface area contributed by atoms with Gasteiger partial charge in [0.25, 0.3) is 0 Å². The lowest BCUT2D eigenvalue weighted by molar-refractivity contribution is -0.156. The normalized spacial score (nSPS) is 17.8. The van der Waals surface area contributed by atoms with Crippen LogP contribution in [0.1, 0.15) is 44.5 Å². The summed E-state index contributed by atoms with van der Waals surface area (Å²) in [5.74, 6) is -1.89. The number of carbonyl (C=O) groups excluding carboxylic acids is 4. The second-order valence-corrected chi connectivity index (χ2v) is 23.8. The zero-order chi connectivity index (χ0) is 40.3. The summed E-state index contributed by atoms with van der Waals surface area (Å²) in [6.07, 6.45) is 0.443. The van der Waals surface area contributed by atoms with Gasteiger partial charge in [0.2, 0.25) is 5.91 Å². The van der Waals surface area contributed by atoms with Crippen molar-refractivity contribution >= 4 is 66.0 Å². The molecule has 2 fully saturated rings. The Morgan fingerprint density at radius 2 is 1.39 bits per heavy atom. The first-order valence-corrected chi connectivity index (χ1v) is 23.7. The molecule has 4 aromatic rings. The number of ether oxygens (including phenoxy) is 2. The molecule has 0 unspecified atom stereocenters. The maximum atomic E-state index is 15.1. The first-order valence-electron chi connectivity index (χ1n) is 19.0. The number of cyclic esters (lactones) is 1. The highest BCUT2D eigenvalue weighted by Crippen LogP contribution is 2.51. The van der Waals surface area contributed by atoms with Crippen molar-refractivity contribution in [3.8, 4) is 0 Å². The Kier molecular flexibility index (Phi) is 12.0. The van der Waals surface area contributed by atoms with Crippen molar-refractivity contribution in [1.82, 2.24) is 4.90 Å². The number of anilines is 1. The Bertz CT molecular complexity index is 2030. The number of rotatable bonds is 14. The van der Waals surface area contributed by atoms with Gasteiger partial charge in [-0.2, -0.15) is 0 Å². The van der Waals surface area contributed by atoms with E-state index in [0.29, 0.717) is 24.4 Å². The molecule has 9 nitrogen and oxygen atoms in total. The van der Waals surface area contributed by atoms with Crippen molar-refractivity contribution < 1.29 is 33.1 Å². The summed E-state index contributed by atoms with van der Waals surface area (Å²) in [7, 11) is -2.39. The van der Waals surface area contributed by atoms with Gasteiger partial charge in [0.1, 0.15) is 18.6 Å². The molecule has 0 bridgehead atoms. The van der Waals surface area contributed by atoms with E-state index >= 15 is 4.79 Å². The quantitative estimate of drug-likeness (QED) is 0.0330. The van der Waals surface area contributed by atoms with Crippen molar-refractivity contribution in [2.45, 2.75) is 64.4 Å². The van der Waals surface area contributed by atoms with E-state index in [1.54, 1.807) is 29.2 Å². The average Bonchev–Trinajstić information content (AvgIpc) is 3.62. The van der Waals surface area contributed by atoms with Crippen LogP contribution in [0.4, 0.5) is 10.5 Å². The molecule has 2 heterocycles. The zero-order valence-electron chi connectivity index (χ0n) is 33.0. The van der Waals surface area contributed by atoms with Crippen LogP contribution in [-0.4, -0.2) is 74.3 Å². The third-order valence-corrected chi connectivity index (χ3v) is 20.0. The van der Waals surface area contributed by atoms with Gasteiger partial charge >= 0.3 is 12.1 Å². The lowest BCUT2D eigenvalue weighted by atomic mass is 9.79. The Labute approximate surface area is 331 Å². The Hall–Kier alpha value is -5.02. The van der Waals surface area contributed by atoms with Gasteiger partial charge in [-0.1, -0.05) is 124 Å². The molecule has 2 amide bonds. The number of nitrogens with zero attached hydrogens (tertiary/aromatic N) is 2. The minimum atomic E-state index is -3.20. The molecule has 2 saturated heterocycles. The fourth-order valence-electron chi connectivity index (χ4n) is 7.40. The van der Waals surface area contributed by atoms with Gasteiger partial charge in [0, 0.05) is 24.6 Å². The third kappa shape index (κ3) is 7.70. The van der Waals surface area contributed by atoms with Crippen LogP contribution in [-0.2, 0) is 23.5 Å². The topological polar surface area (TPSA) is 102 Å². The van der Waals surface area contributed by atoms with Crippen LogP contribution in [0.2, 0.25) is 18.1 Å². The van der Waals surface area contributed by atoms with E-state index in [1.165, 1.54) is 11.0 Å². The molecule has 6 rings (SSSR count). The summed E-state index contributed by atoms with van der Waals surface area (Å²) >= 11 is 0. The maximum absolute atomic E-state index is 15.1. The molecule has 0 aromatic heterocycles. The summed E-state index contributed by atoms with van der Waals surface area (Å²) in [6.45, 7) is 13.9. The summed E-state index contributed by atoms with van der Waals surface area (Å²) in [4.78, 5) is 59.8. The molecule has 3 atom stereocenters. The molecule has 0 spiro atoms. The van der Waals surface area contributed by atoms with Gasteiger partial charge in [0.15, 0.2) is 14.1 Å². The van der Waals surface area contributed by atoms with E-state index in [-0.39, 0.29) is 35.2 Å². The summed E-state index contributed by atoms with van der Waals surface area (Å²) < 4.78 is 17.9. The third-order valence-electron chi connectivity index (χ3n) is 11.2. The number of β-lactam (4-membered cyclic amide) rings is 1. The highest BCUT2D eigenvalue weighted by Gasteiger charge is 2.57. The van der Waals surface area contributed by atoms with Crippen LogP contribution < -0.4 is 20.8 Å². The largest absolute Gasteiger partial charge is 0.457 e. The number of carbonyl (C=O) groups is 4. The van der Waals surface area contributed by atoms with E-state index in [0.717, 1.165) is 15.9 Å². The van der Waals surface area contributed by atoms with E-state index in [9.17, 15) is 14.4 Å². The molecule has 0 N–H and O–H groups in total. The smallest absolute Gasteiger partial charge is 0.414 e. The van der Waals surface area contributed by atoms with E-state index in [2.05, 4.69) is 40.4 Å². The number of benzene rings is 4. The highest BCUT2D eigenvalue weighted by molar-refractivity contribution is 7.96. The molecule has 0 radical (unpaired) electrons. The summed E-state index contributed by atoms with van der Waals surface area (Å²) in [5, 5.41) is 2.42. The monoisotopic (exact) mass is 790 g/mol. The van der Waals surface area contributed by atoms with Crippen LogP contribution in [0, 0.1) is 5.92 Å². The summed E-state index contributed by atoms with van der Waals surface area (Å²) in [6, 6.07) is 35.5. The second-order valence-electron chi connectivity index (χ2n) is 15.7. The molecular weight excluding hydrogens is 740 g/mol. The van der Waals surface area contributed by atoms with Crippen molar-refractivity contribution in [3.63, 3.8) is 0 Å². The van der Waals surface area contributed by atoms with Gasteiger partial charge in [-0.3, -0.25) is 14.5 Å². The van der Waals surface area contributed by atoms with Crippen molar-refractivity contribution in [3.05, 3.63) is 133 Å². The SMILES string of the molecule is C=CCOC(=O)C(N1C(=O)[C@H]([C@@H](C)O[Si](C)(C)C(C)(C)C)[C@H]1CC(=O)c1ccc(N2CCOC2=O)cc1)=P(c1ccccc1)(c1ccccc1)c1ccccc1. The molecule has 4 aromatic carbocycles. The standard InChI is InChI=1S/C45H51N2O7PSi/c1-8-29-52-43(50)42(55(35-18-12-9-13-19-35,36-20-14-10-15-21-36)37-22-16-11-17-23-37)47-38(40(41(47)49)32(2)54-56(6,7)45(3,4)5)31-39(48)33-24-26-34(27-25-33)46-28-30-53-44(46)51/h8-27,32,38,40H,1,28-31H2,2-7H3/t32-,38-,40-/m1/s1. The number of Topliss-reactive ketones (excluding diaryl/α,β-unsaturated/α-hetero) is 1. The second kappa shape index (κ2) is 16.6. The zero-order valence-corrected chi connectivity index (χ0v) is 34.9. The Morgan fingerprint density at radius 1 is 0.875 bits per heavy atom. The van der Waals surface area contributed by atoms with Crippen molar-refractivity contribution in [2.24, 2.45) is 5.92 Å². The number of likely N-dealkylation sites (tertiary alicyclic amines) is 1.